The van der Waals surface area contributed by atoms with Crippen LogP contribution in [0.1, 0.15) is 343 Å². The number of hydrogen-bond donors (Lipinski definition) is 0. The van der Waals surface area contributed by atoms with Crippen molar-refractivity contribution in [1.29, 1.82) is 0 Å². The van der Waals surface area contributed by atoms with Crippen molar-refractivity contribution in [2.45, 2.75) is 349 Å². The van der Waals surface area contributed by atoms with Crippen LogP contribution in [0, 0.1) is 11.8 Å². The first kappa shape index (κ1) is 65.4. The molecule has 0 aromatic heterocycles. The molecule has 398 valence electrons. The summed E-state index contributed by atoms with van der Waals surface area (Å²) in [5.74, 6) is 0.817. The Bertz CT molecular complexity index is 1020. The van der Waals surface area contributed by atoms with Crippen molar-refractivity contribution in [2.75, 3.05) is 13.2 Å². The van der Waals surface area contributed by atoms with Crippen LogP contribution in [0.15, 0.2) is 0 Å². The lowest BCUT2D eigenvalue weighted by Gasteiger charge is -2.18. The molecule has 0 rings (SSSR count). The molecule has 0 aliphatic carbocycles. The van der Waals surface area contributed by atoms with E-state index >= 15 is 0 Å². The quantitative estimate of drug-likeness (QED) is 0.0343. The van der Waals surface area contributed by atoms with Crippen LogP contribution in [-0.4, -0.2) is 37.2 Å². The summed E-state index contributed by atoms with van der Waals surface area (Å²) in [6.45, 7) is 11.4. The van der Waals surface area contributed by atoms with Crippen molar-refractivity contribution in [3.05, 3.63) is 0 Å². The number of carbonyl (C=O) groups is 3. The molecule has 67 heavy (non-hydrogen) atoms. The highest BCUT2D eigenvalue weighted by molar-refractivity contribution is 5.71. The van der Waals surface area contributed by atoms with Crippen LogP contribution in [0.4, 0.5) is 0 Å². The summed E-state index contributed by atoms with van der Waals surface area (Å²) in [5, 5.41) is 0. The van der Waals surface area contributed by atoms with E-state index in [-0.39, 0.29) is 31.1 Å². The minimum atomic E-state index is -0.763. The highest BCUT2D eigenvalue weighted by Gasteiger charge is 2.19. The SMILES string of the molecule is CCCCCCCCCCCCCCCCCCCCCC(=O)OC[C@H](COC(=O)CCCCCCCCCCCCCCCCCC(C)C)OC(=O)CCCCCCCCCCCC(C)C. The fourth-order valence-electron chi connectivity index (χ4n) is 9.40. The van der Waals surface area contributed by atoms with Crippen molar-refractivity contribution in [1.82, 2.24) is 0 Å². The lowest BCUT2D eigenvalue weighted by molar-refractivity contribution is -0.167. The third kappa shape index (κ3) is 55.2. The minimum Gasteiger partial charge on any atom is -0.462 e. The van der Waals surface area contributed by atoms with Gasteiger partial charge in [0.05, 0.1) is 0 Å². The van der Waals surface area contributed by atoms with E-state index in [4.69, 9.17) is 14.2 Å². The molecule has 0 aromatic carbocycles. The molecule has 0 radical (unpaired) electrons. The van der Waals surface area contributed by atoms with Gasteiger partial charge in [0.2, 0.25) is 0 Å². The molecule has 0 bridgehead atoms. The number of esters is 3. The van der Waals surface area contributed by atoms with Gasteiger partial charge in [-0.15, -0.1) is 0 Å². The Balaban J connectivity index is 4.24. The monoisotopic (exact) mass is 947 g/mol. The predicted molar refractivity (Wildman–Crippen MR) is 289 cm³/mol. The Morgan fingerprint density at radius 3 is 0.731 bits per heavy atom. The van der Waals surface area contributed by atoms with Crippen molar-refractivity contribution in [3.63, 3.8) is 0 Å². The molecule has 0 aliphatic rings. The lowest BCUT2D eigenvalue weighted by atomic mass is 10.0. The maximum absolute atomic E-state index is 12.8. The van der Waals surface area contributed by atoms with Crippen LogP contribution in [0.25, 0.3) is 0 Å². The van der Waals surface area contributed by atoms with Crippen molar-refractivity contribution < 1.29 is 28.6 Å². The third-order valence-electron chi connectivity index (χ3n) is 14.0. The van der Waals surface area contributed by atoms with Crippen molar-refractivity contribution >= 4 is 17.9 Å². The maximum atomic E-state index is 12.8. The Morgan fingerprint density at radius 1 is 0.284 bits per heavy atom. The molecular weight excluding hydrogens is 829 g/mol. The van der Waals surface area contributed by atoms with Gasteiger partial charge in [0.25, 0.3) is 0 Å². The summed E-state index contributed by atoms with van der Waals surface area (Å²) < 4.78 is 16.9. The van der Waals surface area contributed by atoms with E-state index < -0.39 is 6.10 Å². The van der Waals surface area contributed by atoms with Crippen LogP contribution in [0.5, 0.6) is 0 Å². The maximum Gasteiger partial charge on any atom is 0.306 e. The van der Waals surface area contributed by atoms with Gasteiger partial charge in [0, 0.05) is 19.3 Å². The van der Waals surface area contributed by atoms with E-state index in [9.17, 15) is 14.4 Å². The van der Waals surface area contributed by atoms with Crippen LogP contribution in [0.3, 0.4) is 0 Å². The molecule has 6 heteroatoms. The molecule has 0 N–H and O–H groups in total. The molecule has 6 nitrogen and oxygen atoms in total. The molecular formula is C61H118O6. The Morgan fingerprint density at radius 2 is 0.493 bits per heavy atom. The Kier molecular flexibility index (Phi) is 52.5. The highest BCUT2D eigenvalue weighted by atomic mass is 16.6. The van der Waals surface area contributed by atoms with Crippen LogP contribution in [0.2, 0.25) is 0 Å². The van der Waals surface area contributed by atoms with E-state index in [1.54, 1.807) is 0 Å². The summed E-state index contributed by atoms with van der Waals surface area (Å²) in [4.78, 5) is 38.2. The van der Waals surface area contributed by atoms with Gasteiger partial charge in [0.1, 0.15) is 13.2 Å². The molecule has 0 aromatic rings. The normalized spacial score (nSPS) is 12.0. The molecule has 0 unspecified atom stereocenters. The Labute approximate surface area is 418 Å². The number of ether oxygens (including phenoxy) is 3. The zero-order valence-electron chi connectivity index (χ0n) is 46.0. The molecule has 1 atom stereocenters. The van der Waals surface area contributed by atoms with Gasteiger partial charge in [-0.2, -0.15) is 0 Å². The predicted octanol–water partition coefficient (Wildman–Crippen LogP) is 20.0. The van der Waals surface area contributed by atoms with E-state index in [1.807, 2.05) is 0 Å². The third-order valence-corrected chi connectivity index (χ3v) is 14.0. The number of carbonyl (C=O) groups excluding carboxylic acids is 3. The van der Waals surface area contributed by atoms with Gasteiger partial charge in [-0.1, -0.05) is 304 Å². The van der Waals surface area contributed by atoms with Gasteiger partial charge in [-0.25, -0.2) is 0 Å². The fraction of sp³-hybridized carbons (Fsp3) is 0.951. The second-order valence-corrected chi connectivity index (χ2v) is 21.9. The molecule has 0 saturated carbocycles. The number of hydrogen-bond acceptors (Lipinski definition) is 6. The molecule has 0 amide bonds. The van der Waals surface area contributed by atoms with Gasteiger partial charge in [0.15, 0.2) is 6.10 Å². The second-order valence-electron chi connectivity index (χ2n) is 21.9. The fourth-order valence-corrected chi connectivity index (χ4v) is 9.40. The topological polar surface area (TPSA) is 78.9 Å². The first-order valence-corrected chi connectivity index (χ1v) is 30.2. The van der Waals surface area contributed by atoms with E-state index in [2.05, 4.69) is 34.6 Å². The number of rotatable bonds is 55. The molecule has 0 fully saturated rings. The van der Waals surface area contributed by atoms with Crippen LogP contribution >= 0.6 is 0 Å². The van der Waals surface area contributed by atoms with Gasteiger partial charge in [-0.05, 0) is 31.1 Å². The minimum absolute atomic E-state index is 0.0628. The molecule has 0 saturated heterocycles. The standard InChI is InChI=1S/C61H118O6/c1-6-7-8-9-10-11-12-13-14-15-16-17-20-23-26-31-36-41-46-51-59(62)65-54-58(67-61(64)53-48-43-38-33-28-30-35-40-45-50-57(4)5)55-66-60(63)52-47-42-37-32-27-24-21-18-19-22-25-29-34-39-44-49-56(2)3/h56-58H,6-55H2,1-5H3/t58-/m1/s1. The van der Waals surface area contributed by atoms with E-state index in [0.717, 1.165) is 69.6 Å². The molecule has 0 spiro atoms. The first-order valence-electron chi connectivity index (χ1n) is 30.2. The molecule has 0 aliphatic heterocycles. The van der Waals surface area contributed by atoms with Gasteiger partial charge < -0.3 is 14.2 Å². The number of unbranched alkanes of at least 4 members (excludes halogenated alkanes) is 40. The molecule has 0 heterocycles. The summed E-state index contributed by atoms with van der Waals surface area (Å²) in [6, 6.07) is 0. The van der Waals surface area contributed by atoms with E-state index in [1.165, 1.54) is 231 Å². The Hall–Kier alpha value is -1.59. The summed E-state index contributed by atoms with van der Waals surface area (Å²) in [7, 11) is 0. The smallest absolute Gasteiger partial charge is 0.306 e. The summed E-state index contributed by atoms with van der Waals surface area (Å²) in [5.41, 5.74) is 0. The highest BCUT2D eigenvalue weighted by Crippen LogP contribution is 2.18. The average Bonchev–Trinajstić information content (AvgIpc) is 3.30. The van der Waals surface area contributed by atoms with E-state index in [0.29, 0.717) is 19.3 Å². The van der Waals surface area contributed by atoms with Crippen LogP contribution < -0.4 is 0 Å². The van der Waals surface area contributed by atoms with Gasteiger partial charge >= 0.3 is 17.9 Å². The van der Waals surface area contributed by atoms with Crippen molar-refractivity contribution in [3.8, 4) is 0 Å². The lowest BCUT2D eigenvalue weighted by Crippen LogP contribution is -2.30. The first-order chi connectivity index (χ1) is 32.7. The average molecular weight is 948 g/mol. The summed E-state index contributed by atoms with van der Waals surface area (Å²) >= 11 is 0. The van der Waals surface area contributed by atoms with Crippen molar-refractivity contribution in [2.24, 2.45) is 11.8 Å². The zero-order chi connectivity index (χ0) is 48.9. The summed E-state index contributed by atoms with van der Waals surface area (Å²) in [6.07, 6.45) is 58.2. The zero-order valence-corrected chi connectivity index (χ0v) is 46.0. The largest absolute Gasteiger partial charge is 0.462 e. The second kappa shape index (κ2) is 53.8. The van der Waals surface area contributed by atoms with Gasteiger partial charge in [-0.3, -0.25) is 14.4 Å². The van der Waals surface area contributed by atoms with Crippen LogP contribution in [-0.2, 0) is 28.6 Å².